The Kier molecular flexibility index (Phi) is 4.18. The minimum Gasteiger partial charge on any atom is -0.299 e. The van der Waals surface area contributed by atoms with Crippen molar-refractivity contribution in [2.45, 2.75) is 31.8 Å². The Hall–Kier alpha value is 0.160. The van der Waals surface area contributed by atoms with Gasteiger partial charge in [0.05, 0.1) is 0 Å². The zero-order valence-electron chi connectivity index (χ0n) is 8.53. The molecule has 0 amide bonds. The molecule has 0 aromatic heterocycles. The summed E-state index contributed by atoms with van der Waals surface area (Å²) < 4.78 is 24.6. The minimum absolute atomic E-state index is 0.223. The maximum absolute atomic E-state index is 11.1. The monoisotopic (exact) mass is 240 g/mol. The largest absolute Gasteiger partial charge is 0.299 e. The molecule has 1 saturated carbocycles. The highest BCUT2D eigenvalue weighted by atomic mass is 35.5. The van der Waals surface area contributed by atoms with Crippen molar-refractivity contribution in [2.24, 2.45) is 0 Å². The molecule has 1 fully saturated rings. The van der Waals surface area contributed by atoms with E-state index in [4.69, 9.17) is 11.6 Å². The van der Waals surface area contributed by atoms with Crippen molar-refractivity contribution in [2.75, 3.05) is 18.8 Å². The summed E-state index contributed by atoms with van der Waals surface area (Å²) in [5.41, 5.74) is 0. The van der Waals surface area contributed by atoms with Crippen LogP contribution in [0, 0.1) is 0 Å². The normalized spacial score (nSPS) is 20.0. The third-order valence-corrected chi connectivity index (χ3v) is 4.32. The highest BCUT2D eigenvalue weighted by molar-refractivity contribution is 7.90. The van der Waals surface area contributed by atoms with E-state index in [0.29, 0.717) is 12.6 Å². The summed E-state index contributed by atoms with van der Waals surface area (Å²) in [5, 5.41) is -0.368. The van der Waals surface area contributed by atoms with Crippen molar-refractivity contribution in [3.05, 3.63) is 0 Å². The van der Waals surface area contributed by atoms with E-state index in [9.17, 15) is 8.42 Å². The topological polar surface area (TPSA) is 49.4 Å². The zero-order valence-corrected chi connectivity index (χ0v) is 10.1. The number of sulfonamides is 1. The third kappa shape index (κ3) is 3.73. The highest BCUT2D eigenvalue weighted by Crippen LogP contribution is 2.26. The average molecular weight is 241 g/mol. The lowest BCUT2D eigenvalue weighted by Crippen LogP contribution is -2.41. The van der Waals surface area contributed by atoms with Gasteiger partial charge in [0.15, 0.2) is 0 Å². The molecule has 0 aliphatic heterocycles. The van der Waals surface area contributed by atoms with E-state index >= 15 is 0 Å². The Bertz CT molecular complexity index is 277. The quantitative estimate of drug-likeness (QED) is 0.692. The molecule has 1 N–H and O–H groups in total. The fraction of sp³-hybridized carbons (Fsp3) is 1.00. The van der Waals surface area contributed by atoms with Gasteiger partial charge in [0, 0.05) is 18.6 Å². The number of rotatable bonds is 6. The van der Waals surface area contributed by atoms with Crippen LogP contribution in [0.2, 0.25) is 0 Å². The summed E-state index contributed by atoms with van der Waals surface area (Å²) >= 11 is 5.27. The Balaban J connectivity index is 2.30. The number of likely N-dealkylation sites (N-methyl/N-ethyl adjacent to an activating group) is 1. The van der Waals surface area contributed by atoms with Crippen LogP contribution in [0.1, 0.15) is 19.8 Å². The summed E-state index contributed by atoms with van der Waals surface area (Å²) in [4.78, 5) is 2.21. The first-order valence-electron chi connectivity index (χ1n) is 4.71. The van der Waals surface area contributed by atoms with E-state index in [0.717, 1.165) is 0 Å². The molecule has 14 heavy (non-hydrogen) atoms. The first kappa shape index (κ1) is 12.2. The van der Waals surface area contributed by atoms with E-state index in [1.807, 2.05) is 14.0 Å². The van der Waals surface area contributed by atoms with Crippen LogP contribution >= 0.6 is 11.6 Å². The van der Waals surface area contributed by atoms with E-state index in [1.54, 1.807) is 0 Å². The average Bonchev–Trinajstić information content (AvgIpc) is 2.96. The Morgan fingerprint density at radius 2 is 2.14 bits per heavy atom. The molecule has 6 heteroatoms. The van der Waals surface area contributed by atoms with Crippen LogP contribution in [-0.2, 0) is 10.0 Å². The van der Waals surface area contributed by atoms with Gasteiger partial charge < -0.3 is 0 Å². The van der Waals surface area contributed by atoms with Crippen LogP contribution < -0.4 is 4.72 Å². The number of halogens is 1. The Morgan fingerprint density at radius 3 is 2.57 bits per heavy atom. The van der Waals surface area contributed by atoms with Gasteiger partial charge in [-0.2, -0.15) is 0 Å². The van der Waals surface area contributed by atoms with E-state index in [-0.39, 0.29) is 11.3 Å². The number of nitrogens with zero attached hydrogens (tertiary/aromatic N) is 1. The van der Waals surface area contributed by atoms with Gasteiger partial charge in [0.2, 0.25) is 10.0 Å². The van der Waals surface area contributed by atoms with E-state index < -0.39 is 10.0 Å². The van der Waals surface area contributed by atoms with Gasteiger partial charge in [-0.3, -0.25) is 4.90 Å². The fourth-order valence-electron chi connectivity index (χ4n) is 1.27. The van der Waals surface area contributed by atoms with Gasteiger partial charge in [-0.15, -0.1) is 11.6 Å². The molecule has 84 valence electrons. The van der Waals surface area contributed by atoms with Gasteiger partial charge in [0.25, 0.3) is 0 Å². The second kappa shape index (κ2) is 4.79. The second-order valence-corrected chi connectivity index (χ2v) is 6.21. The molecule has 0 aromatic rings. The molecule has 0 aromatic carbocycles. The molecule has 0 bridgehead atoms. The van der Waals surface area contributed by atoms with Crippen molar-refractivity contribution < 1.29 is 8.42 Å². The van der Waals surface area contributed by atoms with Crippen molar-refractivity contribution >= 4 is 21.6 Å². The standard InChI is InChI=1S/C8H17ClN2O2S/c1-7(11(2)8-3-4-8)5-10-14(12,13)6-9/h7-8,10H,3-6H2,1-2H3. The van der Waals surface area contributed by atoms with Crippen LogP contribution in [0.4, 0.5) is 0 Å². The van der Waals surface area contributed by atoms with Crippen LogP contribution in [-0.4, -0.2) is 44.2 Å². The lowest BCUT2D eigenvalue weighted by Gasteiger charge is -2.24. The van der Waals surface area contributed by atoms with Crippen LogP contribution in [0.3, 0.4) is 0 Å². The maximum atomic E-state index is 11.1. The zero-order chi connectivity index (χ0) is 10.8. The molecular weight excluding hydrogens is 224 g/mol. The highest BCUT2D eigenvalue weighted by Gasteiger charge is 2.29. The molecular formula is C8H17ClN2O2S. The molecule has 1 rings (SSSR count). The molecule has 4 nitrogen and oxygen atoms in total. The predicted molar refractivity (Wildman–Crippen MR) is 57.9 cm³/mol. The first-order chi connectivity index (χ1) is 6.46. The van der Waals surface area contributed by atoms with Crippen molar-refractivity contribution in [1.29, 1.82) is 0 Å². The second-order valence-electron chi connectivity index (χ2n) is 3.82. The number of hydrogen-bond donors (Lipinski definition) is 1. The molecule has 0 radical (unpaired) electrons. The van der Waals surface area contributed by atoms with E-state index in [1.165, 1.54) is 12.8 Å². The van der Waals surface area contributed by atoms with Gasteiger partial charge in [-0.1, -0.05) is 0 Å². The lowest BCUT2D eigenvalue weighted by molar-refractivity contribution is 0.248. The number of alkyl halides is 1. The SMILES string of the molecule is CC(CNS(=O)(=O)CCl)N(C)C1CC1. The minimum atomic E-state index is -3.26. The summed E-state index contributed by atoms with van der Waals surface area (Å²) in [6, 6.07) is 0.867. The van der Waals surface area contributed by atoms with Crippen molar-refractivity contribution in [3.8, 4) is 0 Å². The molecule has 1 unspecified atom stereocenters. The van der Waals surface area contributed by atoms with Crippen LogP contribution in [0.25, 0.3) is 0 Å². The Morgan fingerprint density at radius 1 is 1.57 bits per heavy atom. The number of hydrogen-bond acceptors (Lipinski definition) is 3. The maximum Gasteiger partial charge on any atom is 0.225 e. The fourth-order valence-corrected chi connectivity index (χ4v) is 2.08. The van der Waals surface area contributed by atoms with Crippen molar-refractivity contribution in [3.63, 3.8) is 0 Å². The Labute approximate surface area is 90.7 Å². The van der Waals surface area contributed by atoms with Gasteiger partial charge >= 0.3 is 0 Å². The molecule has 1 atom stereocenters. The van der Waals surface area contributed by atoms with Gasteiger partial charge in [-0.25, -0.2) is 13.1 Å². The summed E-state index contributed by atoms with van der Waals surface area (Å²) in [6.45, 7) is 2.44. The van der Waals surface area contributed by atoms with E-state index in [2.05, 4.69) is 9.62 Å². The smallest absolute Gasteiger partial charge is 0.225 e. The third-order valence-electron chi connectivity index (χ3n) is 2.56. The van der Waals surface area contributed by atoms with Crippen LogP contribution in [0.5, 0.6) is 0 Å². The van der Waals surface area contributed by atoms with Crippen LogP contribution in [0.15, 0.2) is 0 Å². The first-order valence-corrected chi connectivity index (χ1v) is 6.90. The summed E-state index contributed by atoms with van der Waals surface area (Å²) in [7, 11) is -1.24. The van der Waals surface area contributed by atoms with Gasteiger partial charge in [0.1, 0.15) is 5.21 Å². The molecule has 0 heterocycles. The van der Waals surface area contributed by atoms with Gasteiger partial charge in [-0.05, 0) is 26.8 Å². The predicted octanol–water partition coefficient (Wildman–Crippen LogP) is 0.585. The lowest BCUT2D eigenvalue weighted by atomic mass is 10.3. The molecule has 0 saturated heterocycles. The molecule has 0 spiro atoms. The summed E-state index contributed by atoms with van der Waals surface area (Å²) in [5.74, 6) is 0. The van der Waals surface area contributed by atoms with Crippen molar-refractivity contribution in [1.82, 2.24) is 9.62 Å². The summed E-state index contributed by atoms with van der Waals surface area (Å²) in [6.07, 6.45) is 2.45. The number of nitrogens with one attached hydrogen (secondary N) is 1. The molecule has 1 aliphatic carbocycles. The molecule has 1 aliphatic rings.